The highest BCUT2D eigenvalue weighted by molar-refractivity contribution is 7.80. The smallest absolute Gasteiger partial charge is 0.107 e. The molecule has 1 atom stereocenters. The minimum absolute atomic E-state index is 0.334. The fourth-order valence-electron chi connectivity index (χ4n) is 2.21. The zero-order valence-corrected chi connectivity index (χ0v) is 12.5. The Bertz CT molecular complexity index is 628. The quantitative estimate of drug-likeness (QED) is 0.825. The van der Waals surface area contributed by atoms with E-state index in [9.17, 15) is 5.11 Å². The van der Waals surface area contributed by atoms with Crippen molar-refractivity contribution >= 4 is 33.8 Å². The van der Waals surface area contributed by atoms with Crippen molar-refractivity contribution in [1.82, 2.24) is 4.98 Å². The molecule has 0 fully saturated rings. The molecular formula is C15H19N3OS. The molecule has 1 aromatic carbocycles. The third-order valence-electron chi connectivity index (χ3n) is 3.28. The monoisotopic (exact) mass is 289 g/mol. The molecule has 0 bridgehead atoms. The number of aliphatic hydroxyl groups is 1. The number of para-hydroxylation sites is 1. The Morgan fingerprint density at radius 3 is 2.80 bits per heavy atom. The average molecular weight is 289 g/mol. The van der Waals surface area contributed by atoms with Crippen molar-refractivity contribution in [2.75, 3.05) is 18.5 Å². The lowest BCUT2D eigenvalue weighted by Gasteiger charge is -2.24. The van der Waals surface area contributed by atoms with Gasteiger partial charge in [0.25, 0.3) is 0 Å². The second-order valence-corrected chi connectivity index (χ2v) is 5.40. The molecule has 20 heavy (non-hydrogen) atoms. The molecule has 0 spiro atoms. The molecule has 3 N–H and O–H groups in total. The van der Waals surface area contributed by atoms with Gasteiger partial charge < -0.3 is 15.7 Å². The molecule has 5 heteroatoms. The first kappa shape index (κ1) is 14.7. The van der Waals surface area contributed by atoms with E-state index >= 15 is 0 Å². The van der Waals surface area contributed by atoms with Crippen LogP contribution in [0.5, 0.6) is 0 Å². The number of aromatic nitrogens is 1. The summed E-state index contributed by atoms with van der Waals surface area (Å²) in [6.45, 7) is 2.51. The van der Waals surface area contributed by atoms with Crippen LogP contribution in [0.3, 0.4) is 0 Å². The molecule has 0 amide bonds. The van der Waals surface area contributed by atoms with Crippen LogP contribution in [0.1, 0.15) is 18.9 Å². The van der Waals surface area contributed by atoms with Crippen LogP contribution in [0.4, 0.5) is 5.69 Å². The van der Waals surface area contributed by atoms with Crippen molar-refractivity contribution in [2.24, 2.45) is 5.73 Å². The van der Waals surface area contributed by atoms with Gasteiger partial charge in [-0.2, -0.15) is 0 Å². The Morgan fingerprint density at radius 2 is 2.15 bits per heavy atom. The van der Waals surface area contributed by atoms with E-state index in [1.54, 1.807) is 13.1 Å². The fraction of sp³-hybridized carbons (Fsp3) is 0.333. The van der Waals surface area contributed by atoms with E-state index in [0.717, 1.165) is 28.7 Å². The highest BCUT2D eigenvalue weighted by Crippen LogP contribution is 2.29. The normalized spacial score (nSPS) is 12.3. The number of thiocarbonyl (C=S) groups is 1. The van der Waals surface area contributed by atoms with E-state index in [1.807, 2.05) is 31.3 Å². The summed E-state index contributed by atoms with van der Waals surface area (Å²) in [6.07, 6.45) is 2.07. The molecule has 0 saturated carbocycles. The van der Waals surface area contributed by atoms with Gasteiger partial charge >= 0.3 is 0 Å². The summed E-state index contributed by atoms with van der Waals surface area (Å²) in [5.41, 5.74) is 8.47. The zero-order chi connectivity index (χ0) is 14.7. The number of nitrogens with zero attached hydrogens (tertiary/aromatic N) is 2. The number of hydrogen-bond acceptors (Lipinski definition) is 4. The topological polar surface area (TPSA) is 62.4 Å². The molecule has 0 radical (unpaired) electrons. The van der Waals surface area contributed by atoms with Gasteiger partial charge in [-0.15, -0.1) is 0 Å². The Kier molecular flexibility index (Phi) is 4.52. The molecule has 0 aliphatic carbocycles. The number of rotatable bonds is 5. The summed E-state index contributed by atoms with van der Waals surface area (Å²) in [4.78, 5) is 6.81. The number of fused-ring (bicyclic) bond motifs is 1. The van der Waals surface area contributed by atoms with Crippen molar-refractivity contribution < 1.29 is 5.11 Å². The summed E-state index contributed by atoms with van der Waals surface area (Å²) < 4.78 is 0. The van der Waals surface area contributed by atoms with Gasteiger partial charge in [0.1, 0.15) is 4.99 Å². The van der Waals surface area contributed by atoms with E-state index < -0.39 is 0 Å². The van der Waals surface area contributed by atoms with Gasteiger partial charge in [-0.3, -0.25) is 4.98 Å². The van der Waals surface area contributed by atoms with E-state index in [4.69, 9.17) is 18.0 Å². The number of nitrogens with two attached hydrogens (primary N) is 1. The van der Waals surface area contributed by atoms with Crippen LogP contribution in [0.2, 0.25) is 0 Å². The van der Waals surface area contributed by atoms with Crippen LogP contribution < -0.4 is 10.6 Å². The molecule has 106 valence electrons. The van der Waals surface area contributed by atoms with Crippen LogP contribution in [-0.4, -0.2) is 34.8 Å². The lowest BCUT2D eigenvalue weighted by atomic mass is 10.1. The maximum atomic E-state index is 9.45. The van der Waals surface area contributed by atoms with Gasteiger partial charge in [-0.05, 0) is 19.4 Å². The maximum absolute atomic E-state index is 9.45. The van der Waals surface area contributed by atoms with E-state index in [2.05, 4.69) is 9.88 Å². The Balaban J connectivity index is 2.51. The van der Waals surface area contributed by atoms with Crippen LogP contribution in [-0.2, 0) is 0 Å². The van der Waals surface area contributed by atoms with Gasteiger partial charge in [0, 0.05) is 25.2 Å². The third-order valence-corrected chi connectivity index (χ3v) is 3.50. The predicted molar refractivity (Wildman–Crippen MR) is 87.2 cm³/mol. The molecule has 1 unspecified atom stereocenters. The van der Waals surface area contributed by atoms with Crippen molar-refractivity contribution in [3.8, 4) is 0 Å². The van der Waals surface area contributed by atoms with Crippen molar-refractivity contribution in [2.45, 2.75) is 19.4 Å². The van der Waals surface area contributed by atoms with Crippen LogP contribution in [0, 0.1) is 0 Å². The number of pyridine rings is 1. The summed E-state index contributed by atoms with van der Waals surface area (Å²) in [5, 5.41) is 10.5. The van der Waals surface area contributed by atoms with Crippen molar-refractivity contribution in [3.63, 3.8) is 0 Å². The Morgan fingerprint density at radius 1 is 1.45 bits per heavy atom. The first-order valence-corrected chi connectivity index (χ1v) is 6.98. The highest BCUT2D eigenvalue weighted by Gasteiger charge is 2.15. The third kappa shape index (κ3) is 3.05. The van der Waals surface area contributed by atoms with E-state index in [0.29, 0.717) is 11.4 Å². The number of aliphatic hydroxyl groups excluding tert-OH is 1. The molecule has 0 saturated heterocycles. The fourth-order valence-corrected chi connectivity index (χ4v) is 2.36. The molecule has 1 heterocycles. The largest absolute Gasteiger partial charge is 0.393 e. The molecule has 2 rings (SSSR count). The molecular weight excluding hydrogens is 270 g/mol. The van der Waals surface area contributed by atoms with Crippen molar-refractivity contribution in [3.05, 3.63) is 36.0 Å². The summed E-state index contributed by atoms with van der Waals surface area (Å²) >= 11 is 5.13. The lowest BCUT2D eigenvalue weighted by Crippen LogP contribution is -2.25. The minimum Gasteiger partial charge on any atom is -0.393 e. The van der Waals surface area contributed by atoms with Gasteiger partial charge in [0.15, 0.2) is 0 Å². The predicted octanol–water partition coefficient (Wildman–Crippen LogP) is 2.08. The average Bonchev–Trinajstić information content (AvgIpc) is 2.43. The second-order valence-electron chi connectivity index (χ2n) is 4.96. The SMILES string of the molecule is CC(O)CCN(C)c1c(C(N)=S)cnc2ccccc12. The summed E-state index contributed by atoms with van der Waals surface area (Å²) in [7, 11) is 1.98. The van der Waals surface area contributed by atoms with Gasteiger partial charge in [-0.25, -0.2) is 0 Å². The molecule has 2 aromatic rings. The Hall–Kier alpha value is -1.72. The highest BCUT2D eigenvalue weighted by atomic mass is 32.1. The van der Waals surface area contributed by atoms with Gasteiger partial charge in [0.2, 0.25) is 0 Å². The van der Waals surface area contributed by atoms with Crippen LogP contribution in [0.15, 0.2) is 30.5 Å². The molecule has 0 aliphatic heterocycles. The van der Waals surface area contributed by atoms with E-state index in [1.165, 1.54) is 0 Å². The standard InChI is InChI=1S/C15H19N3OS/c1-10(19)7-8-18(2)14-11-5-3-4-6-13(11)17-9-12(14)15(16)20/h3-6,9-10,19H,7-8H2,1-2H3,(H2,16,20). The number of hydrogen-bond donors (Lipinski definition) is 2. The maximum Gasteiger partial charge on any atom is 0.107 e. The van der Waals surface area contributed by atoms with Crippen LogP contribution in [0.25, 0.3) is 10.9 Å². The first-order chi connectivity index (χ1) is 9.50. The van der Waals surface area contributed by atoms with Gasteiger partial charge in [-0.1, -0.05) is 30.4 Å². The van der Waals surface area contributed by atoms with Crippen molar-refractivity contribution in [1.29, 1.82) is 0 Å². The van der Waals surface area contributed by atoms with Gasteiger partial charge in [0.05, 0.1) is 22.9 Å². The van der Waals surface area contributed by atoms with Crippen LogP contribution >= 0.6 is 12.2 Å². The zero-order valence-electron chi connectivity index (χ0n) is 11.7. The number of benzene rings is 1. The number of anilines is 1. The molecule has 0 aliphatic rings. The second kappa shape index (κ2) is 6.15. The van der Waals surface area contributed by atoms with E-state index in [-0.39, 0.29) is 6.10 Å². The first-order valence-electron chi connectivity index (χ1n) is 6.57. The molecule has 4 nitrogen and oxygen atoms in total. The lowest BCUT2D eigenvalue weighted by molar-refractivity contribution is 0.187. The Labute approximate surface area is 124 Å². The minimum atomic E-state index is -0.334. The molecule has 1 aromatic heterocycles. The summed E-state index contributed by atoms with van der Waals surface area (Å²) in [6, 6.07) is 7.90. The summed E-state index contributed by atoms with van der Waals surface area (Å²) in [5.74, 6) is 0.